The fraction of sp³-hybridized carbons (Fsp3) is 0.294. The number of carbonyl (C=O) groups excluding carboxylic acids is 1. The first-order chi connectivity index (χ1) is 10.8. The number of aromatic nitrogens is 1. The van der Waals surface area contributed by atoms with E-state index in [1.807, 2.05) is 29.2 Å². The number of aryl methyl sites for hydroxylation is 1. The zero-order valence-electron chi connectivity index (χ0n) is 12.0. The van der Waals surface area contributed by atoms with E-state index in [1.54, 1.807) is 11.3 Å². The molecule has 2 aromatic heterocycles. The quantitative estimate of drug-likeness (QED) is 0.443. The number of thiophene rings is 1. The van der Waals surface area contributed by atoms with Crippen LogP contribution in [0, 0.1) is 0 Å². The summed E-state index contributed by atoms with van der Waals surface area (Å²) in [5, 5.41) is 6.81. The van der Waals surface area contributed by atoms with E-state index in [2.05, 4.69) is 22.9 Å². The van der Waals surface area contributed by atoms with Gasteiger partial charge in [0.25, 0.3) is 0 Å². The topological polar surface area (TPSA) is 30.0 Å². The highest BCUT2D eigenvalue weighted by Crippen LogP contribution is 2.41. The number of nitrogens with zero attached hydrogens (tertiary/aromatic N) is 1. The van der Waals surface area contributed by atoms with Crippen LogP contribution in [0.1, 0.15) is 39.8 Å². The van der Waals surface area contributed by atoms with Gasteiger partial charge in [-0.05, 0) is 42.8 Å². The molecule has 0 saturated heterocycles. The van der Waals surface area contributed by atoms with Gasteiger partial charge in [0.2, 0.25) is 0 Å². The average Bonchev–Trinajstić information content (AvgIpc) is 3.08. The number of hydrogen-bond donors (Lipinski definition) is 0. The first-order valence-electron chi connectivity index (χ1n) is 7.37. The predicted molar refractivity (Wildman–Crippen MR) is 95.7 cm³/mol. The molecule has 0 unspecified atom stereocenters. The highest BCUT2D eigenvalue weighted by molar-refractivity contribution is 7.99. The number of aldehydes is 1. The molecular weight excluding hydrogens is 330 g/mol. The van der Waals surface area contributed by atoms with Crippen LogP contribution in [0.5, 0.6) is 0 Å². The van der Waals surface area contributed by atoms with E-state index in [4.69, 9.17) is 4.98 Å². The van der Waals surface area contributed by atoms with Crippen molar-refractivity contribution in [3.05, 3.63) is 45.2 Å². The van der Waals surface area contributed by atoms with Crippen LogP contribution in [0.2, 0.25) is 0 Å². The molecule has 2 heterocycles. The van der Waals surface area contributed by atoms with Gasteiger partial charge < -0.3 is 0 Å². The normalized spacial score (nSPS) is 14.5. The summed E-state index contributed by atoms with van der Waals surface area (Å²) in [4.78, 5) is 17.1. The van der Waals surface area contributed by atoms with Crippen LogP contribution < -0.4 is 0 Å². The number of fused-ring (bicyclic) bond motifs is 1. The standard InChI is InChI=1S/C17H15NOS3/c19-9-12-3-4-15(14-6-8-21-16(12)14)20-7-5-13-10-22-17(18-13)11-1-2-11/h3-4,6,8-11H,1-2,5,7H2. The van der Waals surface area contributed by atoms with Crippen molar-refractivity contribution >= 4 is 50.8 Å². The monoisotopic (exact) mass is 345 g/mol. The van der Waals surface area contributed by atoms with Crippen LogP contribution in [0.3, 0.4) is 0 Å². The molecule has 0 radical (unpaired) electrons. The van der Waals surface area contributed by atoms with E-state index < -0.39 is 0 Å². The fourth-order valence-electron chi connectivity index (χ4n) is 2.50. The molecule has 22 heavy (non-hydrogen) atoms. The van der Waals surface area contributed by atoms with Crippen molar-refractivity contribution in [2.24, 2.45) is 0 Å². The lowest BCUT2D eigenvalue weighted by atomic mass is 10.2. The van der Waals surface area contributed by atoms with Crippen molar-refractivity contribution in [2.75, 3.05) is 5.75 Å². The number of thiazole rings is 1. The molecule has 1 fully saturated rings. The van der Waals surface area contributed by atoms with E-state index in [0.29, 0.717) is 0 Å². The molecule has 0 atom stereocenters. The molecule has 0 spiro atoms. The van der Waals surface area contributed by atoms with E-state index in [0.717, 1.165) is 34.6 Å². The third kappa shape index (κ3) is 2.85. The van der Waals surface area contributed by atoms with Gasteiger partial charge in [-0.1, -0.05) is 0 Å². The van der Waals surface area contributed by atoms with Gasteiger partial charge in [-0.2, -0.15) is 0 Å². The van der Waals surface area contributed by atoms with Gasteiger partial charge in [0.05, 0.1) is 10.7 Å². The summed E-state index contributed by atoms with van der Waals surface area (Å²) in [5.74, 6) is 1.78. The summed E-state index contributed by atoms with van der Waals surface area (Å²) >= 11 is 5.32. The van der Waals surface area contributed by atoms with Crippen LogP contribution in [0.25, 0.3) is 10.1 Å². The molecule has 4 rings (SSSR count). The third-order valence-corrected chi connectivity index (χ3v) is 6.94. The second-order valence-electron chi connectivity index (χ2n) is 5.48. The Bertz CT molecular complexity index is 816. The van der Waals surface area contributed by atoms with Crippen molar-refractivity contribution in [3.8, 4) is 0 Å². The summed E-state index contributed by atoms with van der Waals surface area (Å²) in [5.41, 5.74) is 2.02. The molecule has 1 aromatic carbocycles. The number of carbonyl (C=O) groups is 1. The molecule has 112 valence electrons. The molecule has 1 aliphatic carbocycles. The molecule has 3 aromatic rings. The molecule has 0 N–H and O–H groups in total. The SMILES string of the molecule is O=Cc1ccc(SCCc2csc(C3CC3)n2)c2ccsc12. The smallest absolute Gasteiger partial charge is 0.151 e. The first-order valence-corrected chi connectivity index (χ1v) is 10.1. The molecule has 1 aliphatic rings. The van der Waals surface area contributed by atoms with E-state index in [-0.39, 0.29) is 0 Å². The zero-order valence-corrected chi connectivity index (χ0v) is 14.4. The first kappa shape index (κ1) is 14.4. The third-order valence-electron chi connectivity index (χ3n) is 3.85. The Morgan fingerprint density at radius 3 is 3.00 bits per heavy atom. The second kappa shape index (κ2) is 6.14. The van der Waals surface area contributed by atoms with Crippen LogP contribution in [-0.4, -0.2) is 17.0 Å². The molecule has 0 amide bonds. The van der Waals surface area contributed by atoms with Gasteiger partial charge in [0, 0.05) is 37.6 Å². The van der Waals surface area contributed by atoms with E-state index >= 15 is 0 Å². The lowest BCUT2D eigenvalue weighted by Crippen LogP contribution is -1.90. The van der Waals surface area contributed by atoms with Gasteiger partial charge in [-0.3, -0.25) is 4.79 Å². The Balaban J connectivity index is 1.44. The van der Waals surface area contributed by atoms with Crippen molar-refractivity contribution < 1.29 is 4.79 Å². The lowest BCUT2D eigenvalue weighted by Gasteiger charge is -2.04. The number of rotatable bonds is 6. The summed E-state index contributed by atoms with van der Waals surface area (Å²) in [7, 11) is 0. The van der Waals surface area contributed by atoms with Gasteiger partial charge in [-0.25, -0.2) is 4.98 Å². The predicted octanol–water partition coefficient (Wildman–Crippen LogP) is 5.38. The Morgan fingerprint density at radius 1 is 1.27 bits per heavy atom. The van der Waals surface area contributed by atoms with Crippen LogP contribution in [-0.2, 0) is 6.42 Å². The van der Waals surface area contributed by atoms with Crippen molar-refractivity contribution in [1.82, 2.24) is 4.98 Å². The van der Waals surface area contributed by atoms with E-state index in [9.17, 15) is 4.79 Å². The number of hydrogen-bond acceptors (Lipinski definition) is 5. The Hall–Kier alpha value is -1.17. The van der Waals surface area contributed by atoms with Crippen LogP contribution in [0.4, 0.5) is 0 Å². The average molecular weight is 346 g/mol. The fourth-order valence-corrected chi connectivity index (χ4v) is 5.51. The van der Waals surface area contributed by atoms with Crippen LogP contribution >= 0.6 is 34.4 Å². The van der Waals surface area contributed by atoms with Crippen LogP contribution in [0.15, 0.2) is 33.9 Å². The number of benzene rings is 1. The summed E-state index contributed by atoms with van der Waals surface area (Å²) in [6.45, 7) is 0. The summed E-state index contributed by atoms with van der Waals surface area (Å²) < 4.78 is 1.10. The van der Waals surface area contributed by atoms with Gasteiger partial charge in [0.1, 0.15) is 0 Å². The highest BCUT2D eigenvalue weighted by atomic mass is 32.2. The Morgan fingerprint density at radius 2 is 2.18 bits per heavy atom. The zero-order chi connectivity index (χ0) is 14.9. The second-order valence-corrected chi connectivity index (χ2v) is 8.43. The minimum atomic E-state index is 0.757. The molecule has 5 heteroatoms. The largest absolute Gasteiger partial charge is 0.298 e. The molecule has 0 bridgehead atoms. The number of thioether (sulfide) groups is 1. The highest BCUT2D eigenvalue weighted by Gasteiger charge is 2.26. The minimum absolute atomic E-state index is 0.757. The molecule has 0 aliphatic heterocycles. The van der Waals surface area contributed by atoms with Crippen molar-refractivity contribution in [3.63, 3.8) is 0 Å². The Kier molecular flexibility index (Phi) is 4.03. The maximum Gasteiger partial charge on any atom is 0.151 e. The maximum atomic E-state index is 11.1. The molecule has 1 saturated carbocycles. The van der Waals surface area contributed by atoms with Gasteiger partial charge in [-0.15, -0.1) is 34.4 Å². The minimum Gasteiger partial charge on any atom is -0.298 e. The maximum absolute atomic E-state index is 11.1. The molecular formula is C17H15NOS3. The van der Waals surface area contributed by atoms with E-state index in [1.165, 1.54) is 33.8 Å². The Labute approximate surface area is 141 Å². The summed E-state index contributed by atoms with van der Waals surface area (Å²) in [6, 6.07) is 6.12. The van der Waals surface area contributed by atoms with Crippen molar-refractivity contribution in [1.29, 1.82) is 0 Å². The van der Waals surface area contributed by atoms with Gasteiger partial charge >= 0.3 is 0 Å². The summed E-state index contributed by atoms with van der Waals surface area (Å²) in [6.07, 6.45) is 4.60. The lowest BCUT2D eigenvalue weighted by molar-refractivity contribution is 0.112. The molecule has 2 nitrogen and oxygen atoms in total. The van der Waals surface area contributed by atoms with Crippen molar-refractivity contribution in [2.45, 2.75) is 30.1 Å². The van der Waals surface area contributed by atoms with Gasteiger partial charge in [0.15, 0.2) is 6.29 Å².